The molecule has 0 bridgehead atoms. The second-order valence-electron chi connectivity index (χ2n) is 6.49. The molecule has 154 valence electrons. The summed E-state index contributed by atoms with van der Waals surface area (Å²) in [6.07, 6.45) is 1.53. The number of aromatic nitrogens is 3. The highest BCUT2D eigenvalue weighted by Crippen LogP contribution is 2.25. The first-order chi connectivity index (χ1) is 15.0. The van der Waals surface area contributed by atoms with Gasteiger partial charge in [0.2, 0.25) is 5.82 Å². The van der Waals surface area contributed by atoms with Gasteiger partial charge in [-0.15, -0.1) is 0 Å². The number of amides is 3. The monoisotopic (exact) mass is 417 g/mol. The quantitative estimate of drug-likeness (QED) is 0.533. The second kappa shape index (κ2) is 8.54. The number of anilines is 1. The topological polar surface area (TPSA) is 101 Å². The summed E-state index contributed by atoms with van der Waals surface area (Å²) in [4.78, 5) is 34.3. The first kappa shape index (κ1) is 19.9. The van der Waals surface area contributed by atoms with Crippen LogP contribution in [-0.2, 0) is 0 Å². The maximum absolute atomic E-state index is 14.0. The van der Waals surface area contributed by atoms with E-state index in [0.717, 1.165) is 4.90 Å². The Hall–Kier alpha value is -4.40. The van der Waals surface area contributed by atoms with Crippen LogP contribution in [-0.4, -0.2) is 39.0 Å². The first-order valence-electron chi connectivity index (χ1n) is 9.22. The van der Waals surface area contributed by atoms with E-state index in [1.165, 1.54) is 31.4 Å². The number of nitrogens with zero attached hydrogens (tertiary/aromatic N) is 4. The van der Waals surface area contributed by atoms with Crippen molar-refractivity contribution in [3.05, 3.63) is 84.3 Å². The summed E-state index contributed by atoms with van der Waals surface area (Å²) in [6.45, 7) is 0. The van der Waals surface area contributed by atoms with E-state index in [1.807, 2.05) is 0 Å². The molecule has 0 saturated carbocycles. The maximum Gasteiger partial charge on any atom is 0.329 e. The van der Waals surface area contributed by atoms with Crippen LogP contribution in [0.2, 0.25) is 0 Å². The molecule has 2 aromatic heterocycles. The van der Waals surface area contributed by atoms with E-state index < -0.39 is 17.8 Å². The zero-order chi connectivity index (χ0) is 21.8. The molecule has 8 nitrogen and oxygen atoms in total. The summed E-state index contributed by atoms with van der Waals surface area (Å²) in [6, 6.07) is 16.9. The van der Waals surface area contributed by atoms with Crippen molar-refractivity contribution in [2.24, 2.45) is 0 Å². The molecule has 1 N–H and O–H groups in total. The molecule has 31 heavy (non-hydrogen) atoms. The lowest BCUT2D eigenvalue weighted by atomic mass is 10.1. The van der Waals surface area contributed by atoms with Crippen LogP contribution in [0.3, 0.4) is 0 Å². The van der Waals surface area contributed by atoms with Crippen molar-refractivity contribution >= 4 is 17.8 Å². The normalized spacial score (nSPS) is 10.5. The Labute approximate surface area is 176 Å². The molecule has 0 aliphatic rings. The van der Waals surface area contributed by atoms with Crippen LogP contribution in [0.25, 0.3) is 22.8 Å². The van der Waals surface area contributed by atoms with Crippen molar-refractivity contribution in [2.45, 2.75) is 0 Å². The van der Waals surface area contributed by atoms with E-state index in [1.54, 1.807) is 48.5 Å². The zero-order valence-corrected chi connectivity index (χ0v) is 16.3. The van der Waals surface area contributed by atoms with Crippen LogP contribution in [0.1, 0.15) is 10.4 Å². The predicted octanol–water partition coefficient (Wildman–Crippen LogP) is 4.24. The third-order valence-corrected chi connectivity index (χ3v) is 4.41. The Balaban J connectivity index is 1.54. The molecule has 9 heteroatoms. The zero-order valence-electron chi connectivity index (χ0n) is 16.3. The fraction of sp³-hybridized carbons (Fsp3) is 0.0455. The number of pyridine rings is 1. The number of nitrogens with one attached hydrogen (secondary N) is 1. The maximum atomic E-state index is 14.0. The Morgan fingerprint density at radius 2 is 1.84 bits per heavy atom. The molecule has 0 fully saturated rings. The van der Waals surface area contributed by atoms with Gasteiger partial charge in [0.25, 0.3) is 11.8 Å². The van der Waals surface area contributed by atoms with Gasteiger partial charge in [0.05, 0.1) is 5.56 Å². The molecule has 3 amide bonds. The summed E-state index contributed by atoms with van der Waals surface area (Å²) in [5.41, 5.74) is 0.906. The van der Waals surface area contributed by atoms with Crippen LogP contribution in [0, 0.1) is 5.82 Å². The minimum atomic E-state index is -0.629. The summed E-state index contributed by atoms with van der Waals surface area (Å²) >= 11 is 0. The van der Waals surface area contributed by atoms with Gasteiger partial charge in [-0.3, -0.25) is 15.0 Å². The summed E-state index contributed by atoms with van der Waals surface area (Å²) in [5, 5.41) is 6.42. The van der Waals surface area contributed by atoms with Gasteiger partial charge >= 0.3 is 6.03 Å². The predicted molar refractivity (Wildman–Crippen MR) is 110 cm³/mol. The number of hydrogen-bond acceptors (Lipinski definition) is 6. The molecular weight excluding hydrogens is 401 g/mol. The van der Waals surface area contributed by atoms with Gasteiger partial charge in [-0.1, -0.05) is 35.5 Å². The molecule has 4 rings (SSSR count). The summed E-state index contributed by atoms with van der Waals surface area (Å²) in [5.74, 6) is -0.478. The van der Waals surface area contributed by atoms with Gasteiger partial charge < -0.3 is 4.52 Å². The molecule has 0 aliphatic carbocycles. The molecule has 2 aromatic carbocycles. The number of imide groups is 1. The molecule has 2 heterocycles. The van der Waals surface area contributed by atoms with E-state index in [0.29, 0.717) is 11.4 Å². The van der Waals surface area contributed by atoms with Crippen molar-refractivity contribution in [1.29, 1.82) is 0 Å². The lowest BCUT2D eigenvalue weighted by Gasteiger charge is -2.16. The van der Waals surface area contributed by atoms with Gasteiger partial charge in [0.15, 0.2) is 0 Å². The lowest BCUT2D eigenvalue weighted by Crippen LogP contribution is -2.36. The number of hydrogen-bond donors (Lipinski definition) is 1. The third-order valence-electron chi connectivity index (χ3n) is 4.41. The molecule has 0 spiro atoms. The average Bonchev–Trinajstić information content (AvgIpc) is 3.29. The molecule has 4 aromatic rings. The van der Waals surface area contributed by atoms with Crippen LogP contribution in [0.15, 0.2) is 77.4 Å². The number of carbonyl (C=O) groups excluding carboxylic acids is 2. The SMILES string of the molecule is CN(C(=O)Nc1ccccn1)C(=O)c1cccc(-c2noc(-c3ccccc3F)n2)c1. The van der Waals surface area contributed by atoms with Crippen molar-refractivity contribution < 1.29 is 18.5 Å². The van der Waals surface area contributed by atoms with E-state index in [2.05, 4.69) is 20.4 Å². The summed E-state index contributed by atoms with van der Waals surface area (Å²) < 4.78 is 19.1. The highest BCUT2D eigenvalue weighted by atomic mass is 19.1. The van der Waals surface area contributed by atoms with Crippen LogP contribution in [0.5, 0.6) is 0 Å². The molecule has 0 radical (unpaired) electrons. The van der Waals surface area contributed by atoms with Crippen molar-refractivity contribution in [1.82, 2.24) is 20.0 Å². The number of halogens is 1. The van der Waals surface area contributed by atoms with E-state index in [-0.39, 0.29) is 22.8 Å². The highest BCUT2D eigenvalue weighted by molar-refractivity contribution is 6.07. The van der Waals surface area contributed by atoms with E-state index in [9.17, 15) is 14.0 Å². The molecule has 0 saturated heterocycles. The number of urea groups is 1. The molecule has 0 aliphatic heterocycles. The van der Waals surface area contributed by atoms with Gasteiger partial charge in [0, 0.05) is 24.4 Å². The van der Waals surface area contributed by atoms with Gasteiger partial charge in [-0.05, 0) is 36.4 Å². The Morgan fingerprint density at radius 1 is 1.03 bits per heavy atom. The number of rotatable bonds is 4. The van der Waals surface area contributed by atoms with Crippen LogP contribution < -0.4 is 5.32 Å². The smallest absolute Gasteiger partial charge is 0.329 e. The lowest BCUT2D eigenvalue weighted by molar-refractivity contribution is 0.0841. The minimum absolute atomic E-state index is 0.0247. The van der Waals surface area contributed by atoms with Gasteiger partial charge in [-0.2, -0.15) is 4.98 Å². The number of benzene rings is 2. The average molecular weight is 417 g/mol. The van der Waals surface area contributed by atoms with E-state index in [4.69, 9.17) is 4.52 Å². The Bertz CT molecular complexity index is 1240. The standard InChI is InChI=1S/C22H16FN5O3/c1-28(22(30)25-18-11-4-5-12-24-18)21(29)15-8-6-7-14(13-15)19-26-20(31-27-19)16-9-2-3-10-17(16)23/h2-13H,1H3,(H,24,25,30). The fourth-order valence-electron chi connectivity index (χ4n) is 2.79. The Morgan fingerprint density at radius 3 is 2.61 bits per heavy atom. The number of carbonyl (C=O) groups is 2. The van der Waals surface area contributed by atoms with Crippen LogP contribution in [0.4, 0.5) is 15.0 Å². The largest absolute Gasteiger partial charge is 0.334 e. The van der Waals surface area contributed by atoms with Crippen LogP contribution >= 0.6 is 0 Å². The van der Waals surface area contributed by atoms with Gasteiger partial charge in [-0.25, -0.2) is 14.2 Å². The van der Waals surface area contributed by atoms with Crippen molar-refractivity contribution in [2.75, 3.05) is 12.4 Å². The van der Waals surface area contributed by atoms with Crippen molar-refractivity contribution in [3.63, 3.8) is 0 Å². The minimum Gasteiger partial charge on any atom is -0.334 e. The molecule has 0 unspecified atom stereocenters. The first-order valence-corrected chi connectivity index (χ1v) is 9.22. The fourth-order valence-corrected chi connectivity index (χ4v) is 2.79. The second-order valence-corrected chi connectivity index (χ2v) is 6.49. The highest BCUT2D eigenvalue weighted by Gasteiger charge is 2.20. The Kier molecular flexibility index (Phi) is 5.48. The van der Waals surface area contributed by atoms with Crippen molar-refractivity contribution in [3.8, 4) is 22.8 Å². The van der Waals surface area contributed by atoms with Gasteiger partial charge in [0.1, 0.15) is 11.6 Å². The summed E-state index contributed by atoms with van der Waals surface area (Å²) in [7, 11) is 1.36. The third kappa shape index (κ3) is 4.30. The molecular formula is C22H16FN5O3. The van der Waals surface area contributed by atoms with E-state index >= 15 is 0 Å². The molecule has 0 atom stereocenters.